The van der Waals surface area contributed by atoms with Gasteiger partial charge in [0.25, 0.3) is 0 Å². The Hall–Kier alpha value is -0.325. The Morgan fingerprint density at radius 1 is 1.21 bits per heavy atom. The van der Waals surface area contributed by atoms with E-state index in [0.717, 1.165) is 11.9 Å². The molecule has 0 bridgehead atoms. The number of allylic oxidation sites excluding steroid dienone is 2. The molecule has 108 valence electrons. The lowest BCUT2D eigenvalue weighted by atomic mass is 9.72. The molecule has 1 aliphatic carbocycles. The second kappa shape index (κ2) is 4.60. The molecule has 1 heterocycles. The topological polar surface area (TPSA) is 52.6 Å². The first-order chi connectivity index (χ1) is 8.53. The number of hydrogen-bond acceptors (Lipinski definition) is 4. The van der Waals surface area contributed by atoms with Crippen molar-refractivity contribution >= 4 is 17.0 Å². The molecule has 4 nitrogen and oxygen atoms in total. The van der Waals surface area contributed by atoms with E-state index < -0.39 is 9.84 Å². The van der Waals surface area contributed by atoms with E-state index in [4.69, 9.17) is 9.31 Å². The Labute approximate surface area is 116 Å². The average Bonchev–Trinajstić information content (AvgIpc) is 2.47. The van der Waals surface area contributed by atoms with Crippen molar-refractivity contribution in [2.45, 2.75) is 63.4 Å². The molecule has 0 saturated carbocycles. The molecule has 0 N–H and O–H groups in total. The van der Waals surface area contributed by atoms with Gasteiger partial charge in [-0.15, -0.1) is 0 Å². The summed E-state index contributed by atoms with van der Waals surface area (Å²) in [5.41, 5.74) is 0.400. The molecule has 0 aromatic heterocycles. The van der Waals surface area contributed by atoms with Crippen molar-refractivity contribution < 1.29 is 17.7 Å². The summed E-state index contributed by atoms with van der Waals surface area (Å²) in [6.07, 6.45) is 5.25. The van der Waals surface area contributed by atoms with Gasteiger partial charge in [-0.1, -0.05) is 6.08 Å². The Bertz CT molecular complexity index is 477. The van der Waals surface area contributed by atoms with Crippen molar-refractivity contribution in [3.63, 3.8) is 0 Å². The fourth-order valence-corrected chi connectivity index (χ4v) is 3.42. The van der Waals surface area contributed by atoms with E-state index >= 15 is 0 Å². The lowest BCUT2D eigenvalue weighted by molar-refractivity contribution is 0.00578. The van der Waals surface area contributed by atoms with Crippen molar-refractivity contribution in [3.05, 3.63) is 11.5 Å². The summed E-state index contributed by atoms with van der Waals surface area (Å²) < 4.78 is 35.0. The van der Waals surface area contributed by atoms with Crippen LogP contribution in [0.4, 0.5) is 0 Å². The van der Waals surface area contributed by atoms with Gasteiger partial charge in [-0.3, -0.25) is 0 Å². The maximum absolute atomic E-state index is 11.5. The third-order valence-electron chi connectivity index (χ3n) is 4.56. The van der Waals surface area contributed by atoms with Crippen LogP contribution in [-0.2, 0) is 19.1 Å². The Kier molecular flexibility index (Phi) is 3.65. The quantitative estimate of drug-likeness (QED) is 0.730. The molecule has 1 aliphatic heterocycles. The predicted molar refractivity (Wildman–Crippen MR) is 76.6 cm³/mol. The van der Waals surface area contributed by atoms with Crippen LogP contribution in [0.15, 0.2) is 11.5 Å². The van der Waals surface area contributed by atoms with Gasteiger partial charge in [-0.05, 0) is 52.4 Å². The van der Waals surface area contributed by atoms with Crippen LogP contribution in [0.2, 0.25) is 0 Å². The van der Waals surface area contributed by atoms with Crippen LogP contribution in [0.25, 0.3) is 0 Å². The van der Waals surface area contributed by atoms with Crippen molar-refractivity contribution in [3.8, 4) is 0 Å². The van der Waals surface area contributed by atoms with Crippen molar-refractivity contribution in [2.75, 3.05) is 6.26 Å². The molecule has 2 aliphatic rings. The van der Waals surface area contributed by atoms with E-state index in [1.54, 1.807) is 0 Å². The maximum atomic E-state index is 11.5. The SMILES string of the molecule is CC1(C)OB(C2=CCC(S(C)(=O)=O)CC2)OC1(C)C. The average molecular weight is 286 g/mol. The molecule has 6 heteroatoms. The highest BCUT2D eigenvalue weighted by Crippen LogP contribution is 2.40. The zero-order valence-electron chi connectivity index (χ0n) is 12.4. The molecule has 2 rings (SSSR count). The molecular formula is C13H23BO4S. The van der Waals surface area contributed by atoms with Crippen LogP contribution in [0.5, 0.6) is 0 Å². The summed E-state index contributed by atoms with van der Waals surface area (Å²) in [5, 5.41) is -0.251. The molecular weight excluding hydrogens is 263 g/mol. The standard InChI is InChI=1S/C13H23BO4S/c1-12(2)13(3,4)18-14(17-12)10-6-8-11(9-7-10)19(5,15)16/h6,11H,7-9H2,1-5H3. The van der Waals surface area contributed by atoms with Gasteiger partial charge in [0.1, 0.15) is 0 Å². The second-order valence-corrected chi connectivity index (χ2v) is 8.92. The van der Waals surface area contributed by atoms with E-state index in [0.29, 0.717) is 12.8 Å². The lowest BCUT2D eigenvalue weighted by Crippen LogP contribution is -2.41. The van der Waals surface area contributed by atoms with Crippen LogP contribution in [-0.4, -0.2) is 38.2 Å². The minimum absolute atomic E-state index is 0.251. The summed E-state index contributed by atoms with van der Waals surface area (Å²) in [6.45, 7) is 8.09. The summed E-state index contributed by atoms with van der Waals surface area (Å²) in [5.74, 6) is 0. The first-order valence-corrected chi connectivity index (χ1v) is 8.72. The Morgan fingerprint density at radius 3 is 2.11 bits per heavy atom. The summed E-state index contributed by atoms with van der Waals surface area (Å²) in [7, 11) is -3.27. The Morgan fingerprint density at radius 2 is 1.74 bits per heavy atom. The first-order valence-electron chi connectivity index (χ1n) is 6.76. The molecule has 1 atom stereocenters. The van der Waals surface area contributed by atoms with E-state index in [1.807, 2.05) is 33.8 Å². The third-order valence-corrected chi connectivity index (χ3v) is 6.20. The van der Waals surface area contributed by atoms with Gasteiger partial charge in [-0.25, -0.2) is 8.42 Å². The fraction of sp³-hybridized carbons (Fsp3) is 0.846. The van der Waals surface area contributed by atoms with Gasteiger partial charge < -0.3 is 9.31 Å². The van der Waals surface area contributed by atoms with E-state index in [2.05, 4.69) is 0 Å². The predicted octanol–water partition coefficient (Wildman–Crippen LogP) is 2.14. The number of sulfone groups is 1. The van der Waals surface area contributed by atoms with Crippen LogP contribution in [0.3, 0.4) is 0 Å². The molecule has 1 fully saturated rings. The smallest absolute Gasteiger partial charge is 0.400 e. The normalized spacial score (nSPS) is 30.3. The van der Waals surface area contributed by atoms with E-state index in [1.165, 1.54) is 6.26 Å². The highest BCUT2D eigenvalue weighted by atomic mass is 32.2. The summed E-state index contributed by atoms with van der Waals surface area (Å²) in [6, 6.07) is 0. The molecule has 1 saturated heterocycles. The lowest BCUT2D eigenvalue weighted by Gasteiger charge is -2.32. The third kappa shape index (κ3) is 2.90. The van der Waals surface area contributed by atoms with Gasteiger partial charge in [-0.2, -0.15) is 0 Å². The summed E-state index contributed by atoms with van der Waals surface area (Å²) in [4.78, 5) is 0. The van der Waals surface area contributed by atoms with Crippen LogP contribution < -0.4 is 0 Å². The maximum Gasteiger partial charge on any atom is 0.490 e. The highest BCUT2D eigenvalue weighted by Gasteiger charge is 2.52. The van der Waals surface area contributed by atoms with Crippen molar-refractivity contribution in [1.82, 2.24) is 0 Å². The first kappa shape index (κ1) is 15.1. The van der Waals surface area contributed by atoms with Gasteiger partial charge in [0, 0.05) is 6.26 Å². The van der Waals surface area contributed by atoms with Crippen molar-refractivity contribution in [2.24, 2.45) is 0 Å². The molecule has 0 amide bonds. The van der Waals surface area contributed by atoms with Crippen molar-refractivity contribution in [1.29, 1.82) is 0 Å². The number of rotatable bonds is 2. The van der Waals surface area contributed by atoms with Gasteiger partial charge in [0.2, 0.25) is 0 Å². The minimum atomic E-state index is -2.94. The van der Waals surface area contributed by atoms with Crippen LogP contribution in [0, 0.1) is 0 Å². The largest absolute Gasteiger partial charge is 0.490 e. The van der Waals surface area contributed by atoms with Crippen LogP contribution >= 0.6 is 0 Å². The van der Waals surface area contributed by atoms with Gasteiger partial charge >= 0.3 is 7.12 Å². The van der Waals surface area contributed by atoms with E-state index in [-0.39, 0.29) is 23.6 Å². The minimum Gasteiger partial charge on any atom is -0.400 e. The van der Waals surface area contributed by atoms with Gasteiger partial charge in [0.05, 0.1) is 16.5 Å². The van der Waals surface area contributed by atoms with E-state index in [9.17, 15) is 8.42 Å². The summed E-state index contributed by atoms with van der Waals surface area (Å²) >= 11 is 0. The molecule has 0 spiro atoms. The molecule has 19 heavy (non-hydrogen) atoms. The molecule has 0 aromatic rings. The number of hydrogen-bond donors (Lipinski definition) is 0. The Balaban J connectivity index is 2.09. The molecule has 0 aromatic carbocycles. The second-order valence-electron chi connectivity index (χ2n) is 6.59. The molecule has 1 unspecified atom stereocenters. The monoisotopic (exact) mass is 286 g/mol. The molecule has 0 radical (unpaired) electrons. The zero-order chi connectivity index (χ0) is 14.5. The highest BCUT2D eigenvalue weighted by molar-refractivity contribution is 7.91. The zero-order valence-corrected chi connectivity index (χ0v) is 13.2. The van der Waals surface area contributed by atoms with Gasteiger partial charge in [0.15, 0.2) is 9.84 Å². The van der Waals surface area contributed by atoms with Crippen LogP contribution in [0.1, 0.15) is 47.0 Å². The fourth-order valence-electron chi connectivity index (χ4n) is 2.43.